The van der Waals surface area contributed by atoms with E-state index in [9.17, 15) is 19.5 Å². The van der Waals surface area contributed by atoms with Gasteiger partial charge in [-0.25, -0.2) is 9.59 Å². The molecule has 2 atom stereocenters. The van der Waals surface area contributed by atoms with Gasteiger partial charge in [0.25, 0.3) is 0 Å². The van der Waals surface area contributed by atoms with E-state index < -0.39 is 18.2 Å². The molecule has 1 aliphatic rings. The summed E-state index contributed by atoms with van der Waals surface area (Å²) in [6.45, 7) is 7.67. The number of ether oxygens (including phenoxy) is 1. The summed E-state index contributed by atoms with van der Waals surface area (Å²) in [5, 5.41) is 18.4. The number of carboxylic acid groups (broad SMARTS) is 1. The second-order valence-electron chi connectivity index (χ2n) is 8.49. The standard InChI is InChI=1S/C25H36O6/c1-17(10-6-12-19(3)14-22(26)15-20(4)24(28)29)8-5-9-18(2)11-7-13-21-16-23(27)31-25(21)30/h8,11,15-16,19,25,30H,5-7,9-10,12-14H2,1-4H3,(H,28,29)/b17-8+,18-11+,20-15+/t19-,25?/m1/s1. The molecule has 1 rings (SSSR count). The van der Waals surface area contributed by atoms with E-state index >= 15 is 0 Å². The Kier molecular flexibility index (Phi) is 11.8. The SMILES string of the molecule is C/C(=C\CCC1=CC(=O)OC1O)CC/C=C(\C)CCC[C@@H](C)CC(=O)/C=C(\C)C(=O)O. The molecule has 172 valence electrons. The van der Waals surface area contributed by atoms with E-state index in [0.717, 1.165) is 38.5 Å². The van der Waals surface area contributed by atoms with Crippen molar-refractivity contribution < 1.29 is 29.3 Å². The zero-order valence-corrected chi connectivity index (χ0v) is 19.1. The highest BCUT2D eigenvalue weighted by Gasteiger charge is 2.22. The molecule has 1 unspecified atom stereocenters. The van der Waals surface area contributed by atoms with Crippen LogP contribution >= 0.6 is 0 Å². The molecule has 0 aromatic rings. The molecule has 1 heterocycles. The van der Waals surface area contributed by atoms with Gasteiger partial charge in [-0.15, -0.1) is 0 Å². The maximum Gasteiger partial charge on any atom is 0.333 e. The molecule has 0 aromatic carbocycles. The van der Waals surface area contributed by atoms with Crippen molar-refractivity contribution in [3.63, 3.8) is 0 Å². The zero-order chi connectivity index (χ0) is 23.4. The van der Waals surface area contributed by atoms with Crippen LogP contribution in [0.5, 0.6) is 0 Å². The minimum absolute atomic E-state index is 0.0812. The van der Waals surface area contributed by atoms with Gasteiger partial charge in [0.2, 0.25) is 6.29 Å². The van der Waals surface area contributed by atoms with Crippen LogP contribution in [0.2, 0.25) is 0 Å². The van der Waals surface area contributed by atoms with Gasteiger partial charge in [0, 0.05) is 23.6 Å². The zero-order valence-electron chi connectivity index (χ0n) is 19.1. The van der Waals surface area contributed by atoms with Gasteiger partial charge in [-0.05, 0) is 77.7 Å². The second kappa shape index (κ2) is 13.8. The number of carboxylic acids is 1. The van der Waals surface area contributed by atoms with E-state index in [4.69, 9.17) is 5.11 Å². The summed E-state index contributed by atoms with van der Waals surface area (Å²) in [7, 11) is 0. The van der Waals surface area contributed by atoms with Gasteiger partial charge in [-0.2, -0.15) is 0 Å². The van der Waals surface area contributed by atoms with E-state index in [1.807, 2.05) is 6.92 Å². The van der Waals surface area contributed by atoms with Crippen molar-refractivity contribution in [1.29, 1.82) is 0 Å². The van der Waals surface area contributed by atoms with Crippen LogP contribution < -0.4 is 0 Å². The summed E-state index contributed by atoms with van der Waals surface area (Å²) in [6, 6.07) is 0. The Morgan fingerprint density at radius 1 is 1.13 bits per heavy atom. The predicted octanol–water partition coefficient (Wildman–Crippen LogP) is 5.04. The maximum absolute atomic E-state index is 11.9. The molecule has 0 saturated carbocycles. The summed E-state index contributed by atoms with van der Waals surface area (Å²) >= 11 is 0. The summed E-state index contributed by atoms with van der Waals surface area (Å²) in [6.07, 6.45) is 12.5. The van der Waals surface area contributed by atoms with Crippen molar-refractivity contribution in [3.8, 4) is 0 Å². The lowest BCUT2D eigenvalue weighted by molar-refractivity contribution is -0.151. The number of hydrogen-bond donors (Lipinski definition) is 2. The van der Waals surface area contributed by atoms with Crippen molar-refractivity contribution in [2.75, 3.05) is 0 Å². The number of aliphatic hydroxyl groups excluding tert-OH is 1. The molecule has 0 aliphatic carbocycles. The molecule has 1 aliphatic heterocycles. The molecule has 0 spiro atoms. The number of carbonyl (C=O) groups excluding carboxylic acids is 2. The average molecular weight is 433 g/mol. The second-order valence-corrected chi connectivity index (χ2v) is 8.49. The van der Waals surface area contributed by atoms with Crippen molar-refractivity contribution >= 4 is 17.7 Å². The highest BCUT2D eigenvalue weighted by Crippen LogP contribution is 2.20. The average Bonchev–Trinajstić information content (AvgIpc) is 2.98. The van der Waals surface area contributed by atoms with E-state index in [1.165, 1.54) is 30.2 Å². The van der Waals surface area contributed by atoms with Crippen LogP contribution in [0.4, 0.5) is 0 Å². The Labute approximate surface area is 185 Å². The largest absolute Gasteiger partial charge is 0.478 e. The van der Waals surface area contributed by atoms with Crippen LogP contribution in [-0.4, -0.2) is 34.2 Å². The first kappa shape index (κ1) is 26.6. The normalized spacial score (nSPS) is 18.6. The van der Waals surface area contributed by atoms with Crippen LogP contribution in [0, 0.1) is 5.92 Å². The molecule has 0 radical (unpaired) electrons. The smallest absolute Gasteiger partial charge is 0.333 e. The van der Waals surface area contributed by atoms with Crippen LogP contribution in [0.25, 0.3) is 0 Å². The lowest BCUT2D eigenvalue weighted by Crippen LogP contribution is -2.09. The van der Waals surface area contributed by atoms with Gasteiger partial charge < -0.3 is 14.9 Å². The number of aliphatic hydroxyl groups is 1. The topological polar surface area (TPSA) is 101 Å². The minimum atomic E-state index is -1.09. The van der Waals surface area contributed by atoms with Gasteiger partial charge in [-0.1, -0.05) is 30.2 Å². The number of hydrogen-bond acceptors (Lipinski definition) is 5. The molecule has 2 N–H and O–H groups in total. The number of allylic oxidation sites excluding steroid dienone is 5. The van der Waals surface area contributed by atoms with Crippen LogP contribution in [0.1, 0.15) is 79.1 Å². The molecule has 6 heteroatoms. The number of cyclic esters (lactones) is 1. The molecule has 0 bridgehead atoms. The van der Waals surface area contributed by atoms with E-state index in [-0.39, 0.29) is 17.3 Å². The van der Waals surface area contributed by atoms with Crippen molar-refractivity contribution in [2.24, 2.45) is 5.92 Å². The van der Waals surface area contributed by atoms with Crippen LogP contribution in [-0.2, 0) is 19.1 Å². The number of esters is 1. The van der Waals surface area contributed by atoms with Crippen LogP contribution in [0.3, 0.4) is 0 Å². The maximum atomic E-state index is 11.9. The Bertz CT molecular complexity index is 769. The molecule has 0 amide bonds. The monoisotopic (exact) mass is 432 g/mol. The first-order valence-corrected chi connectivity index (χ1v) is 10.9. The van der Waals surface area contributed by atoms with Crippen molar-refractivity contribution in [3.05, 3.63) is 46.6 Å². The summed E-state index contributed by atoms with van der Waals surface area (Å²) in [5.74, 6) is -1.42. The Morgan fingerprint density at radius 3 is 2.39 bits per heavy atom. The van der Waals surface area contributed by atoms with Gasteiger partial charge in [0.15, 0.2) is 5.78 Å². The van der Waals surface area contributed by atoms with Gasteiger partial charge in [0.05, 0.1) is 0 Å². The van der Waals surface area contributed by atoms with E-state index in [2.05, 4.69) is 30.7 Å². The minimum Gasteiger partial charge on any atom is -0.478 e. The summed E-state index contributed by atoms with van der Waals surface area (Å²) < 4.78 is 4.67. The number of aliphatic carboxylic acids is 1. The number of ketones is 1. The van der Waals surface area contributed by atoms with E-state index in [0.29, 0.717) is 18.4 Å². The fourth-order valence-corrected chi connectivity index (χ4v) is 3.41. The molecule has 31 heavy (non-hydrogen) atoms. The van der Waals surface area contributed by atoms with E-state index in [1.54, 1.807) is 0 Å². The third-order valence-electron chi connectivity index (χ3n) is 5.34. The quantitative estimate of drug-likeness (QED) is 0.227. The third kappa shape index (κ3) is 11.5. The molecular weight excluding hydrogens is 396 g/mol. The molecule has 0 saturated heterocycles. The first-order chi connectivity index (χ1) is 14.6. The molecular formula is C25H36O6. The fourth-order valence-electron chi connectivity index (χ4n) is 3.41. The summed E-state index contributed by atoms with van der Waals surface area (Å²) in [5.41, 5.74) is 3.33. The van der Waals surface area contributed by atoms with Gasteiger partial charge in [-0.3, -0.25) is 4.79 Å². The number of carbonyl (C=O) groups is 3. The first-order valence-electron chi connectivity index (χ1n) is 10.9. The van der Waals surface area contributed by atoms with Crippen LogP contribution in [0.15, 0.2) is 46.6 Å². The fraction of sp³-hybridized carbons (Fsp3) is 0.560. The highest BCUT2D eigenvalue weighted by molar-refractivity contribution is 5.98. The Morgan fingerprint density at radius 2 is 1.77 bits per heavy atom. The third-order valence-corrected chi connectivity index (χ3v) is 5.34. The number of rotatable bonds is 14. The molecule has 0 aromatic heterocycles. The predicted molar refractivity (Wildman–Crippen MR) is 120 cm³/mol. The Balaban J connectivity index is 2.23. The molecule has 6 nitrogen and oxygen atoms in total. The highest BCUT2D eigenvalue weighted by atomic mass is 16.6. The lowest BCUT2D eigenvalue weighted by Gasteiger charge is -2.09. The molecule has 0 fully saturated rings. The van der Waals surface area contributed by atoms with Gasteiger partial charge in [0.1, 0.15) is 0 Å². The van der Waals surface area contributed by atoms with Crippen molar-refractivity contribution in [1.82, 2.24) is 0 Å². The Hall–Kier alpha value is -2.47. The van der Waals surface area contributed by atoms with Gasteiger partial charge >= 0.3 is 11.9 Å². The lowest BCUT2D eigenvalue weighted by atomic mass is 9.96. The summed E-state index contributed by atoms with van der Waals surface area (Å²) in [4.78, 5) is 33.7. The van der Waals surface area contributed by atoms with Crippen molar-refractivity contribution in [2.45, 2.75) is 85.4 Å².